The second kappa shape index (κ2) is 10.5. The lowest BCUT2D eigenvalue weighted by atomic mass is 10.1. The Morgan fingerprint density at radius 2 is 1.59 bits per heavy atom. The number of para-hydroxylation sites is 2. The Kier molecular flexibility index (Phi) is 7.07. The highest BCUT2D eigenvalue weighted by Gasteiger charge is 2.17. The van der Waals surface area contributed by atoms with E-state index < -0.39 is 6.10 Å². The molecule has 4 rings (SSSR count). The lowest BCUT2D eigenvalue weighted by Gasteiger charge is -2.14. The van der Waals surface area contributed by atoms with Gasteiger partial charge in [0, 0.05) is 6.20 Å². The minimum absolute atomic E-state index is 0.0162. The Hall–Kier alpha value is -3.74. The van der Waals surface area contributed by atoms with E-state index in [0.717, 1.165) is 11.3 Å². The fraction of sp³-hybridized carbons (Fsp3) is 0.154. The van der Waals surface area contributed by atoms with Crippen molar-refractivity contribution in [3.8, 4) is 11.4 Å². The summed E-state index contributed by atoms with van der Waals surface area (Å²) >= 11 is 0. The zero-order chi connectivity index (χ0) is 22.2. The number of aliphatic hydroxyl groups excluding tert-OH is 1. The van der Waals surface area contributed by atoms with Crippen molar-refractivity contribution in [1.29, 1.82) is 0 Å². The Labute approximate surface area is 186 Å². The molecule has 1 unspecified atom stereocenters. The van der Waals surface area contributed by atoms with Crippen LogP contribution in [-0.2, 0) is 11.3 Å². The zero-order valence-electron chi connectivity index (χ0n) is 17.5. The van der Waals surface area contributed by atoms with Crippen LogP contribution in [0.25, 0.3) is 5.69 Å². The normalized spacial score (nSPS) is 11.8. The molecule has 4 aromatic rings. The number of hydrogen-bond donors (Lipinski definition) is 1. The molecule has 0 aliphatic rings. The molecule has 0 aliphatic heterocycles. The Bertz CT molecular complexity index is 1140. The first kappa shape index (κ1) is 21.5. The number of hydrogen-bond acceptors (Lipinski definition) is 5. The van der Waals surface area contributed by atoms with E-state index in [4.69, 9.17) is 9.47 Å². The standard InChI is InChI=1S/C26H24N2O4/c29-23(18-31-17-20-9-3-1-4-10-20)19-32-25-14-8-7-13-24(25)26(30)21-15-27-28(16-21)22-11-5-2-6-12-22/h1-16,23,29H,17-19H2. The molecule has 0 spiro atoms. The molecule has 0 bridgehead atoms. The third-order valence-corrected chi connectivity index (χ3v) is 4.85. The fourth-order valence-corrected chi connectivity index (χ4v) is 3.22. The monoisotopic (exact) mass is 428 g/mol. The van der Waals surface area contributed by atoms with Gasteiger partial charge in [0.15, 0.2) is 5.78 Å². The van der Waals surface area contributed by atoms with Crippen LogP contribution in [0.5, 0.6) is 5.75 Å². The quantitative estimate of drug-likeness (QED) is 0.386. The Balaban J connectivity index is 1.36. The number of nitrogens with zero attached hydrogens (tertiary/aromatic N) is 2. The van der Waals surface area contributed by atoms with Crippen LogP contribution in [-0.4, -0.2) is 40.0 Å². The summed E-state index contributed by atoms with van der Waals surface area (Å²) in [5, 5.41) is 14.5. The van der Waals surface area contributed by atoms with E-state index in [0.29, 0.717) is 23.5 Å². The van der Waals surface area contributed by atoms with Crippen molar-refractivity contribution in [3.63, 3.8) is 0 Å². The van der Waals surface area contributed by atoms with Gasteiger partial charge < -0.3 is 14.6 Å². The summed E-state index contributed by atoms with van der Waals surface area (Å²) in [7, 11) is 0. The van der Waals surface area contributed by atoms with Crippen LogP contribution >= 0.6 is 0 Å². The number of ether oxygens (including phenoxy) is 2. The first-order chi connectivity index (χ1) is 15.7. The van der Waals surface area contributed by atoms with Gasteiger partial charge in [-0.3, -0.25) is 4.79 Å². The van der Waals surface area contributed by atoms with Gasteiger partial charge in [0.1, 0.15) is 18.5 Å². The number of ketones is 1. The number of carbonyl (C=O) groups is 1. The topological polar surface area (TPSA) is 73.6 Å². The van der Waals surface area contributed by atoms with Crippen molar-refractivity contribution in [2.24, 2.45) is 0 Å². The molecule has 1 N–H and O–H groups in total. The maximum Gasteiger partial charge on any atom is 0.199 e. The second-order valence-corrected chi connectivity index (χ2v) is 7.30. The minimum Gasteiger partial charge on any atom is -0.490 e. The molecule has 0 aliphatic carbocycles. The molecular weight excluding hydrogens is 404 g/mol. The molecule has 32 heavy (non-hydrogen) atoms. The van der Waals surface area contributed by atoms with Gasteiger partial charge in [-0.2, -0.15) is 5.10 Å². The Morgan fingerprint density at radius 3 is 2.38 bits per heavy atom. The molecule has 0 radical (unpaired) electrons. The number of rotatable bonds is 10. The number of carbonyl (C=O) groups excluding carboxylic acids is 1. The molecule has 0 amide bonds. The summed E-state index contributed by atoms with van der Waals surface area (Å²) in [6, 6.07) is 26.3. The summed E-state index contributed by atoms with van der Waals surface area (Å²) in [5.74, 6) is 0.213. The van der Waals surface area contributed by atoms with Gasteiger partial charge in [0.05, 0.1) is 36.2 Å². The van der Waals surface area contributed by atoms with Gasteiger partial charge >= 0.3 is 0 Å². The molecular formula is C26H24N2O4. The number of benzene rings is 3. The zero-order valence-corrected chi connectivity index (χ0v) is 17.5. The average molecular weight is 428 g/mol. The van der Waals surface area contributed by atoms with Crippen LogP contribution in [0.4, 0.5) is 0 Å². The largest absolute Gasteiger partial charge is 0.490 e. The van der Waals surface area contributed by atoms with Crippen molar-refractivity contribution >= 4 is 5.78 Å². The highest BCUT2D eigenvalue weighted by molar-refractivity contribution is 6.10. The van der Waals surface area contributed by atoms with E-state index >= 15 is 0 Å². The molecule has 0 fully saturated rings. The summed E-state index contributed by atoms with van der Waals surface area (Å²) in [6.45, 7) is 0.565. The number of aromatic nitrogens is 2. The van der Waals surface area contributed by atoms with Crippen molar-refractivity contribution in [3.05, 3.63) is 114 Å². The summed E-state index contributed by atoms with van der Waals surface area (Å²) < 4.78 is 13.0. The van der Waals surface area contributed by atoms with Gasteiger partial charge in [-0.15, -0.1) is 0 Å². The van der Waals surface area contributed by atoms with E-state index in [1.807, 2.05) is 60.7 Å². The van der Waals surface area contributed by atoms with Crippen molar-refractivity contribution < 1.29 is 19.4 Å². The third kappa shape index (κ3) is 5.49. The SMILES string of the molecule is O=C(c1cnn(-c2ccccc2)c1)c1ccccc1OCC(O)COCc1ccccc1. The average Bonchev–Trinajstić information content (AvgIpc) is 3.34. The van der Waals surface area contributed by atoms with E-state index in [1.165, 1.54) is 0 Å². The predicted molar refractivity (Wildman–Crippen MR) is 121 cm³/mol. The van der Waals surface area contributed by atoms with E-state index in [-0.39, 0.29) is 19.0 Å². The lowest BCUT2D eigenvalue weighted by Crippen LogP contribution is -2.24. The van der Waals surface area contributed by atoms with Gasteiger partial charge in [0.25, 0.3) is 0 Å². The molecule has 1 atom stereocenters. The molecule has 1 heterocycles. The molecule has 162 valence electrons. The molecule has 0 saturated carbocycles. The molecule has 6 heteroatoms. The van der Waals surface area contributed by atoms with Crippen molar-refractivity contribution in [1.82, 2.24) is 9.78 Å². The summed E-state index contributed by atoms with van der Waals surface area (Å²) in [5.41, 5.74) is 2.77. The van der Waals surface area contributed by atoms with Crippen LogP contribution in [0, 0.1) is 0 Å². The van der Waals surface area contributed by atoms with Crippen LogP contribution in [0.1, 0.15) is 21.5 Å². The molecule has 0 saturated heterocycles. The smallest absolute Gasteiger partial charge is 0.199 e. The van der Waals surface area contributed by atoms with Crippen LogP contribution in [0.15, 0.2) is 97.3 Å². The lowest BCUT2D eigenvalue weighted by molar-refractivity contribution is 0.00536. The van der Waals surface area contributed by atoms with E-state index in [9.17, 15) is 9.90 Å². The van der Waals surface area contributed by atoms with Crippen LogP contribution < -0.4 is 4.74 Å². The summed E-state index contributed by atoms with van der Waals surface area (Å²) in [4.78, 5) is 13.1. The third-order valence-electron chi connectivity index (χ3n) is 4.85. The second-order valence-electron chi connectivity index (χ2n) is 7.30. The van der Waals surface area contributed by atoms with Crippen molar-refractivity contribution in [2.75, 3.05) is 13.2 Å². The predicted octanol–water partition coefficient (Wildman–Crippen LogP) is 4.06. The molecule has 1 aromatic heterocycles. The highest BCUT2D eigenvalue weighted by atomic mass is 16.5. The number of aliphatic hydroxyl groups is 1. The first-order valence-corrected chi connectivity index (χ1v) is 10.4. The van der Waals surface area contributed by atoms with Gasteiger partial charge in [-0.05, 0) is 29.8 Å². The maximum absolute atomic E-state index is 13.1. The van der Waals surface area contributed by atoms with Crippen molar-refractivity contribution in [2.45, 2.75) is 12.7 Å². The van der Waals surface area contributed by atoms with E-state index in [2.05, 4.69) is 5.10 Å². The van der Waals surface area contributed by atoms with Gasteiger partial charge in [0.2, 0.25) is 0 Å². The maximum atomic E-state index is 13.1. The minimum atomic E-state index is -0.817. The highest BCUT2D eigenvalue weighted by Crippen LogP contribution is 2.22. The first-order valence-electron chi connectivity index (χ1n) is 10.4. The molecule has 6 nitrogen and oxygen atoms in total. The van der Waals surface area contributed by atoms with Gasteiger partial charge in [-0.1, -0.05) is 60.7 Å². The van der Waals surface area contributed by atoms with Crippen LogP contribution in [0.2, 0.25) is 0 Å². The van der Waals surface area contributed by atoms with E-state index in [1.54, 1.807) is 41.3 Å². The van der Waals surface area contributed by atoms with Gasteiger partial charge in [-0.25, -0.2) is 4.68 Å². The van der Waals surface area contributed by atoms with Crippen LogP contribution in [0.3, 0.4) is 0 Å². The fourth-order valence-electron chi connectivity index (χ4n) is 3.22. The molecule has 3 aromatic carbocycles. The Morgan fingerprint density at radius 1 is 0.906 bits per heavy atom. The summed E-state index contributed by atoms with van der Waals surface area (Å²) in [6.07, 6.45) is 2.42.